The summed E-state index contributed by atoms with van der Waals surface area (Å²) in [7, 11) is 0. The van der Waals surface area contributed by atoms with Crippen molar-refractivity contribution >= 4 is 29.0 Å². The Bertz CT molecular complexity index is 996. The summed E-state index contributed by atoms with van der Waals surface area (Å²) >= 11 is 1.89. The van der Waals surface area contributed by atoms with Crippen LogP contribution < -0.4 is 4.90 Å². The number of rotatable bonds is 4. The lowest BCUT2D eigenvalue weighted by atomic mass is 9.82. The molecule has 168 valence electrons. The molecule has 3 aliphatic heterocycles. The molecule has 0 saturated carbocycles. The van der Waals surface area contributed by atoms with Gasteiger partial charge < -0.3 is 9.80 Å². The average molecular weight is 453 g/mol. The van der Waals surface area contributed by atoms with Gasteiger partial charge >= 0.3 is 0 Å². The minimum absolute atomic E-state index is 0.0866. The summed E-state index contributed by atoms with van der Waals surface area (Å²) < 4.78 is 0. The van der Waals surface area contributed by atoms with Gasteiger partial charge in [-0.05, 0) is 23.6 Å². The number of thioether (sulfide) groups is 1. The first-order valence-corrected chi connectivity index (χ1v) is 12.4. The number of carbonyl (C=O) groups excluding carboxylic acids is 1. The number of hydrogen-bond acceptors (Lipinski definition) is 6. The molecular weight excluding hydrogens is 424 g/mol. The van der Waals surface area contributed by atoms with E-state index in [-0.39, 0.29) is 28.5 Å². The Hall–Kier alpha value is -2.58. The minimum Gasteiger partial charge on any atom is -0.365 e. The van der Waals surface area contributed by atoms with Crippen molar-refractivity contribution in [3.8, 4) is 0 Å². The molecule has 8 heteroatoms. The zero-order valence-corrected chi connectivity index (χ0v) is 18.9. The van der Waals surface area contributed by atoms with Crippen LogP contribution >= 0.6 is 11.8 Å². The maximum Gasteiger partial charge on any atom is 0.269 e. The summed E-state index contributed by atoms with van der Waals surface area (Å²) in [6.07, 6.45) is 0.569. The lowest BCUT2D eigenvalue weighted by molar-refractivity contribution is -0.384. The molecule has 1 amide bonds. The number of fused-ring (bicyclic) bond motifs is 3. The number of amides is 1. The highest BCUT2D eigenvalue weighted by Crippen LogP contribution is 2.39. The predicted octanol–water partition coefficient (Wildman–Crippen LogP) is 3.03. The van der Waals surface area contributed by atoms with Gasteiger partial charge in [0.1, 0.15) is 0 Å². The number of nitrogens with zero attached hydrogens (tertiary/aromatic N) is 4. The van der Waals surface area contributed by atoms with Crippen molar-refractivity contribution in [2.24, 2.45) is 5.92 Å². The zero-order chi connectivity index (χ0) is 22.1. The molecule has 2 aromatic rings. The molecule has 0 N–H and O–H groups in total. The predicted molar refractivity (Wildman–Crippen MR) is 127 cm³/mol. The van der Waals surface area contributed by atoms with Gasteiger partial charge in [-0.25, -0.2) is 0 Å². The van der Waals surface area contributed by atoms with E-state index in [4.69, 9.17) is 0 Å². The van der Waals surface area contributed by atoms with E-state index in [2.05, 4.69) is 34.1 Å². The number of piperazine rings is 1. The number of benzene rings is 2. The van der Waals surface area contributed by atoms with E-state index in [1.807, 2.05) is 28.8 Å². The Morgan fingerprint density at radius 1 is 1.06 bits per heavy atom. The van der Waals surface area contributed by atoms with Gasteiger partial charge in [0, 0.05) is 68.6 Å². The van der Waals surface area contributed by atoms with Crippen LogP contribution in [-0.2, 0) is 17.8 Å². The quantitative estimate of drug-likeness (QED) is 0.525. The lowest BCUT2D eigenvalue weighted by Crippen LogP contribution is -2.61. The van der Waals surface area contributed by atoms with Crippen LogP contribution in [0.4, 0.5) is 11.4 Å². The maximum atomic E-state index is 13.6. The third-order valence-corrected chi connectivity index (χ3v) is 7.82. The highest BCUT2D eigenvalue weighted by atomic mass is 32.2. The van der Waals surface area contributed by atoms with E-state index in [1.165, 1.54) is 5.56 Å². The summed E-state index contributed by atoms with van der Waals surface area (Å²) in [5.74, 6) is 1.99. The van der Waals surface area contributed by atoms with Gasteiger partial charge in [-0.15, -0.1) is 0 Å². The van der Waals surface area contributed by atoms with Crippen molar-refractivity contribution in [3.05, 3.63) is 69.8 Å². The van der Waals surface area contributed by atoms with Crippen molar-refractivity contribution in [1.82, 2.24) is 9.80 Å². The molecule has 0 aromatic heterocycles. The molecule has 2 aromatic carbocycles. The van der Waals surface area contributed by atoms with Crippen molar-refractivity contribution in [3.63, 3.8) is 0 Å². The monoisotopic (exact) mass is 452 g/mol. The van der Waals surface area contributed by atoms with Crippen molar-refractivity contribution in [2.75, 3.05) is 49.1 Å². The molecule has 2 saturated heterocycles. The second kappa shape index (κ2) is 9.11. The molecule has 5 rings (SSSR count). The summed E-state index contributed by atoms with van der Waals surface area (Å²) in [4.78, 5) is 31.4. The van der Waals surface area contributed by atoms with E-state index >= 15 is 0 Å². The van der Waals surface area contributed by atoms with Crippen molar-refractivity contribution in [1.29, 1.82) is 0 Å². The minimum atomic E-state index is -0.344. The number of nitro groups is 1. The molecule has 2 fully saturated rings. The first kappa shape index (κ1) is 21.3. The summed E-state index contributed by atoms with van der Waals surface area (Å²) in [5, 5.41) is 11.4. The lowest BCUT2D eigenvalue weighted by Gasteiger charge is -2.50. The van der Waals surface area contributed by atoms with Crippen LogP contribution in [0.3, 0.4) is 0 Å². The first-order chi connectivity index (χ1) is 15.6. The fraction of sp³-hybridized carbons (Fsp3) is 0.458. The van der Waals surface area contributed by atoms with Crippen LogP contribution in [0.25, 0.3) is 0 Å². The van der Waals surface area contributed by atoms with Crippen molar-refractivity contribution < 1.29 is 9.72 Å². The molecule has 3 aliphatic rings. The number of hydrogen-bond donors (Lipinski definition) is 0. The van der Waals surface area contributed by atoms with Gasteiger partial charge in [-0.2, -0.15) is 11.8 Å². The molecule has 32 heavy (non-hydrogen) atoms. The highest BCUT2D eigenvalue weighted by molar-refractivity contribution is 7.99. The molecular formula is C24H28N4O3S. The molecule has 3 heterocycles. The van der Waals surface area contributed by atoms with Crippen LogP contribution in [0.1, 0.15) is 11.1 Å². The normalized spacial score (nSPS) is 23.4. The van der Waals surface area contributed by atoms with Crippen LogP contribution in [0, 0.1) is 16.0 Å². The number of carbonyl (C=O) groups is 1. The van der Waals surface area contributed by atoms with Crippen LogP contribution in [0.2, 0.25) is 0 Å². The third kappa shape index (κ3) is 4.21. The van der Waals surface area contributed by atoms with Crippen LogP contribution in [-0.4, -0.2) is 70.9 Å². The SMILES string of the molecule is O=C(C1Cc2cc([N+](=O)[O-])ccc2N2CCN(Cc3ccccc3)CC12)N1CCSCC1. The Kier molecular flexibility index (Phi) is 6.06. The molecule has 2 atom stereocenters. The average Bonchev–Trinajstić information content (AvgIpc) is 2.83. The van der Waals surface area contributed by atoms with Gasteiger partial charge in [-0.3, -0.25) is 19.8 Å². The van der Waals surface area contributed by atoms with E-state index in [0.717, 1.165) is 62.0 Å². The van der Waals surface area contributed by atoms with E-state index in [1.54, 1.807) is 12.1 Å². The molecule has 0 bridgehead atoms. The fourth-order valence-corrected chi connectivity index (χ4v) is 6.17. The Labute approximate surface area is 192 Å². The van der Waals surface area contributed by atoms with Crippen molar-refractivity contribution in [2.45, 2.75) is 19.0 Å². The Morgan fingerprint density at radius 2 is 1.84 bits per heavy atom. The first-order valence-electron chi connectivity index (χ1n) is 11.3. The van der Waals surface area contributed by atoms with Gasteiger partial charge in [0.05, 0.1) is 16.9 Å². The van der Waals surface area contributed by atoms with Crippen LogP contribution in [0.5, 0.6) is 0 Å². The number of nitro benzene ring substituents is 1. The van der Waals surface area contributed by atoms with Gasteiger partial charge in [-0.1, -0.05) is 30.3 Å². The van der Waals surface area contributed by atoms with Gasteiger partial charge in [0.2, 0.25) is 5.91 Å². The zero-order valence-electron chi connectivity index (χ0n) is 18.1. The second-order valence-electron chi connectivity index (χ2n) is 8.80. The Balaban J connectivity index is 1.44. The fourth-order valence-electron chi connectivity index (χ4n) is 5.27. The van der Waals surface area contributed by atoms with Crippen LogP contribution in [0.15, 0.2) is 48.5 Å². The van der Waals surface area contributed by atoms with E-state index in [9.17, 15) is 14.9 Å². The van der Waals surface area contributed by atoms with E-state index in [0.29, 0.717) is 6.42 Å². The standard InChI is InChI=1S/C24H28N4O3S/c29-24(26-10-12-32-13-11-26)21-15-19-14-20(28(30)31)6-7-22(19)27-9-8-25(17-23(21)27)16-18-4-2-1-3-5-18/h1-7,14,21,23H,8-13,15-17H2. The summed E-state index contributed by atoms with van der Waals surface area (Å²) in [5.41, 5.74) is 3.36. The topological polar surface area (TPSA) is 69.9 Å². The maximum absolute atomic E-state index is 13.6. The largest absolute Gasteiger partial charge is 0.365 e. The molecule has 0 spiro atoms. The smallest absolute Gasteiger partial charge is 0.269 e. The highest BCUT2D eigenvalue weighted by Gasteiger charge is 2.43. The Morgan fingerprint density at radius 3 is 2.59 bits per heavy atom. The van der Waals surface area contributed by atoms with Gasteiger partial charge in [0.15, 0.2) is 0 Å². The molecule has 7 nitrogen and oxygen atoms in total. The van der Waals surface area contributed by atoms with E-state index < -0.39 is 0 Å². The molecule has 0 radical (unpaired) electrons. The van der Waals surface area contributed by atoms with Gasteiger partial charge in [0.25, 0.3) is 5.69 Å². The number of non-ortho nitro benzene ring substituents is 1. The molecule has 2 unspecified atom stereocenters. The second-order valence-corrected chi connectivity index (χ2v) is 10.0. The molecule has 0 aliphatic carbocycles. The number of anilines is 1. The summed E-state index contributed by atoms with van der Waals surface area (Å²) in [6.45, 7) is 5.01. The third-order valence-electron chi connectivity index (χ3n) is 6.88. The summed E-state index contributed by atoms with van der Waals surface area (Å²) in [6, 6.07) is 15.7.